The molecule has 82 valence electrons. The smallest absolute Gasteiger partial charge is 0.345 e. The predicted molar refractivity (Wildman–Crippen MR) is 64.0 cm³/mol. The van der Waals surface area contributed by atoms with E-state index < -0.39 is 5.97 Å². The number of rotatable bonds is 2. The van der Waals surface area contributed by atoms with Crippen LogP contribution in [0.5, 0.6) is 0 Å². The van der Waals surface area contributed by atoms with Crippen molar-refractivity contribution in [3.05, 3.63) is 40.5 Å². The van der Waals surface area contributed by atoms with Crippen LogP contribution in [0.1, 0.15) is 20.8 Å². The quantitative estimate of drug-likeness (QED) is 0.867. The van der Waals surface area contributed by atoms with Crippen LogP contribution in [-0.2, 0) is 0 Å². The van der Waals surface area contributed by atoms with Crippen molar-refractivity contribution in [2.45, 2.75) is 13.8 Å². The number of aryl methyl sites for hydroxylation is 2. The van der Waals surface area contributed by atoms with E-state index in [0.29, 0.717) is 4.88 Å². The second kappa shape index (κ2) is 4.06. The van der Waals surface area contributed by atoms with Gasteiger partial charge >= 0.3 is 5.97 Å². The summed E-state index contributed by atoms with van der Waals surface area (Å²) in [6.07, 6.45) is 3.51. The van der Waals surface area contributed by atoms with Gasteiger partial charge in [0.2, 0.25) is 0 Å². The lowest BCUT2D eigenvalue weighted by molar-refractivity contribution is 0.0702. The minimum atomic E-state index is -0.869. The molecular weight excluding hydrogens is 222 g/mol. The second-order valence-electron chi connectivity index (χ2n) is 3.62. The SMILES string of the molecule is Cc1cnccc1-c1sc(C(=O)O)cc1C. The molecule has 0 aliphatic carbocycles. The molecule has 0 radical (unpaired) electrons. The molecule has 16 heavy (non-hydrogen) atoms. The van der Waals surface area contributed by atoms with E-state index in [2.05, 4.69) is 4.98 Å². The lowest BCUT2D eigenvalue weighted by Crippen LogP contribution is -1.89. The van der Waals surface area contributed by atoms with Crippen molar-refractivity contribution in [3.8, 4) is 10.4 Å². The van der Waals surface area contributed by atoms with E-state index in [1.54, 1.807) is 18.5 Å². The third-order valence-corrected chi connectivity index (χ3v) is 3.65. The molecule has 0 saturated heterocycles. The molecule has 3 nitrogen and oxygen atoms in total. The summed E-state index contributed by atoms with van der Waals surface area (Å²) in [7, 11) is 0. The molecule has 2 rings (SSSR count). The predicted octanol–water partition coefficient (Wildman–Crippen LogP) is 3.13. The van der Waals surface area contributed by atoms with Crippen molar-refractivity contribution in [2.75, 3.05) is 0 Å². The molecule has 2 heterocycles. The van der Waals surface area contributed by atoms with Gasteiger partial charge in [-0.3, -0.25) is 4.98 Å². The molecule has 0 atom stereocenters. The normalized spacial score (nSPS) is 10.4. The van der Waals surface area contributed by atoms with Crippen molar-refractivity contribution in [1.82, 2.24) is 4.98 Å². The highest BCUT2D eigenvalue weighted by Crippen LogP contribution is 2.33. The first-order chi connectivity index (χ1) is 7.59. The Morgan fingerprint density at radius 1 is 1.38 bits per heavy atom. The molecular formula is C12H11NO2S. The number of aromatic carboxylic acids is 1. The Bertz CT molecular complexity index is 546. The first-order valence-electron chi connectivity index (χ1n) is 4.84. The lowest BCUT2D eigenvalue weighted by Gasteiger charge is -2.02. The van der Waals surface area contributed by atoms with E-state index in [1.807, 2.05) is 19.9 Å². The fourth-order valence-electron chi connectivity index (χ4n) is 1.58. The summed E-state index contributed by atoms with van der Waals surface area (Å²) in [6.45, 7) is 3.90. The van der Waals surface area contributed by atoms with Crippen LogP contribution in [0.3, 0.4) is 0 Å². The fourth-order valence-corrected chi connectivity index (χ4v) is 2.68. The maximum absolute atomic E-state index is 10.9. The zero-order valence-corrected chi connectivity index (χ0v) is 9.84. The Morgan fingerprint density at radius 3 is 2.69 bits per heavy atom. The van der Waals surface area contributed by atoms with Gasteiger partial charge in [-0.25, -0.2) is 4.79 Å². The molecule has 0 aromatic carbocycles. The van der Waals surface area contributed by atoms with Gasteiger partial charge in [0.25, 0.3) is 0 Å². The summed E-state index contributed by atoms with van der Waals surface area (Å²) in [6, 6.07) is 3.63. The summed E-state index contributed by atoms with van der Waals surface area (Å²) >= 11 is 1.31. The van der Waals surface area contributed by atoms with Gasteiger partial charge < -0.3 is 5.11 Å². The maximum Gasteiger partial charge on any atom is 0.345 e. The molecule has 0 unspecified atom stereocenters. The van der Waals surface area contributed by atoms with Crippen LogP contribution in [0.25, 0.3) is 10.4 Å². The van der Waals surface area contributed by atoms with Crippen molar-refractivity contribution >= 4 is 17.3 Å². The molecule has 0 bridgehead atoms. The van der Waals surface area contributed by atoms with Gasteiger partial charge in [-0.05, 0) is 42.7 Å². The van der Waals surface area contributed by atoms with E-state index >= 15 is 0 Å². The van der Waals surface area contributed by atoms with Crippen molar-refractivity contribution < 1.29 is 9.90 Å². The Hall–Kier alpha value is -1.68. The second-order valence-corrected chi connectivity index (χ2v) is 4.67. The number of thiophene rings is 1. The van der Waals surface area contributed by atoms with Crippen molar-refractivity contribution in [1.29, 1.82) is 0 Å². The standard InChI is InChI=1S/C12H11NO2S/c1-7-5-10(12(14)15)16-11(7)9-3-4-13-6-8(9)2/h3-6H,1-2H3,(H,14,15). The Kier molecular flexibility index (Phi) is 2.75. The Balaban J connectivity index is 2.57. The van der Waals surface area contributed by atoms with Crippen LogP contribution in [0.2, 0.25) is 0 Å². The number of hydrogen-bond acceptors (Lipinski definition) is 3. The van der Waals surface area contributed by atoms with E-state index in [4.69, 9.17) is 5.11 Å². The third kappa shape index (κ3) is 1.84. The van der Waals surface area contributed by atoms with Crippen molar-refractivity contribution in [2.24, 2.45) is 0 Å². The first-order valence-corrected chi connectivity index (χ1v) is 5.66. The minimum Gasteiger partial charge on any atom is -0.477 e. The molecule has 0 spiro atoms. The third-order valence-electron chi connectivity index (χ3n) is 2.39. The first kappa shape index (κ1) is 10.8. The van der Waals surface area contributed by atoms with E-state index in [0.717, 1.165) is 21.6 Å². The van der Waals surface area contributed by atoms with Gasteiger partial charge in [0, 0.05) is 17.3 Å². The van der Waals surface area contributed by atoms with Gasteiger partial charge in [0.05, 0.1) is 0 Å². The van der Waals surface area contributed by atoms with Gasteiger partial charge in [-0.1, -0.05) is 0 Å². The largest absolute Gasteiger partial charge is 0.477 e. The minimum absolute atomic E-state index is 0.378. The van der Waals surface area contributed by atoms with E-state index in [-0.39, 0.29) is 0 Å². The molecule has 0 aliphatic heterocycles. The average molecular weight is 233 g/mol. The van der Waals surface area contributed by atoms with Crippen molar-refractivity contribution in [3.63, 3.8) is 0 Å². The molecule has 1 N–H and O–H groups in total. The number of carboxylic acid groups (broad SMARTS) is 1. The molecule has 0 aliphatic rings. The van der Waals surface area contributed by atoms with Crippen LogP contribution in [0.15, 0.2) is 24.5 Å². The van der Waals surface area contributed by atoms with Gasteiger partial charge in [-0.2, -0.15) is 0 Å². The maximum atomic E-state index is 10.9. The number of pyridine rings is 1. The van der Waals surface area contributed by atoms with Crippen LogP contribution in [0.4, 0.5) is 0 Å². The number of aromatic nitrogens is 1. The topological polar surface area (TPSA) is 50.2 Å². The summed E-state index contributed by atoms with van der Waals surface area (Å²) in [4.78, 5) is 16.3. The van der Waals surface area contributed by atoms with Gasteiger partial charge in [-0.15, -0.1) is 11.3 Å². The number of carbonyl (C=O) groups is 1. The Labute approximate surface area is 97.4 Å². The highest BCUT2D eigenvalue weighted by atomic mass is 32.1. The number of carboxylic acids is 1. The number of hydrogen-bond donors (Lipinski definition) is 1. The monoisotopic (exact) mass is 233 g/mol. The zero-order chi connectivity index (χ0) is 11.7. The summed E-state index contributed by atoms with van der Waals surface area (Å²) < 4.78 is 0. The zero-order valence-electron chi connectivity index (χ0n) is 9.02. The fraction of sp³-hybridized carbons (Fsp3) is 0.167. The highest BCUT2D eigenvalue weighted by molar-refractivity contribution is 7.17. The van der Waals surface area contributed by atoms with Gasteiger partial charge in [0.15, 0.2) is 0 Å². The highest BCUT2D eigenvalue weighted by Gasteiger charge is 2.13. The molecule has 0 saturated carbocycles. The van der Waals surface area contributed by atoms with Crippen LogP contribution < -0.4 is 0 Å². The van der Waals surface area contributed by atoms with Gasteiger partial charge in [0.1, 0.15) is 4.88 Å². The van der Waals surface area contributed by atoms with Crippen LogP contribution in [-0.4, -0.2) is 16.1 Å². The lowest BCUT2D eigenvalue weighted by atomic mass is 10.1. The Morgan fingerprint density at radius 2 is 2.12 bits per heavy atom. The van der Waals surface area contributed by atoms with E-state index in [1.165, 1.54) is 11.3 Å². The summed E-state index contributed by atoms with van der Waals surface area (Å²) in [5.74, 6) is -0.869. The van der Waals surface area contributed by atoms with Crippen LogP contribution in [0, 0.1) is 13.8 Å². The van der Waals surface area contributed by atoms with E-state index in [9.17, 15) is 4.79 Å². The number of nitrogens with zero attached hydrogens (tertiary/aromatic N) is 1. The molecule has 2 aromatic heterocycles. The molecule has 4 heteroatoms. The molecule has 2 aromatic rings. The average Bonchev–Trinajstić information content (AvgIpc) is 2.61. The van der Waals surface area contributed by atoms with Crippen LogP contribution >= 0.6 is 11.3 Å². The molecule has 0 fully saturated rings. The summed E-state index contributed by atoms with van der Waals surface area (Å²) in [5, 5.41) is 8.94. The summed E-state index contributed by atoms with van der Waals surface area (Å²) in [5.41, 5.74) is 3.12. The molecule has 0 amide bonds.